The molecule has 0 spiro atoms. The Morgan fingerprint density at radius 1 is 1.28 bits per heavy atom. The van der Waals surface area contributed by atoms with E-state index in [1.165, 1.54) is 5.56 Å². The van der Waals surface area contributed by atoms with Crippen LogP contribution in [0, 0.1) is 0 Å². The van der Waals surface area contributed by atoms with Gasteiger partial charge in [0.05, 0.1) is 6.04 Å². The van der Waals surface area contributed by atoms with Crippen LogP contribution in [0.15, 0.2) is 42.5 Å². The fourth-order valence-corrected chi connectivity index (χ4v) is 2.14. The second-order valence-corrected chi connectivity index (χ2v) is 4.78. The minimum Gasteiger partial charge on any atom is -0.351 e. The number of hydrogen-bond acceptors (Lipinski definition) is 2. The van der Waals surface area contributed by atoms with Crippen molar-refractivity contribution in [3.8, 4) is 0 Å². The lowest BCUT2D eigenvalue weighted by Gasteiger charge is -2.16. The molecule has 0 saturated carbocycles. The van der Waals surface area contributed by atoms with Crippen LogP contribution in [0.25, 0.3) is 0 Å². The highest BCUT2D eigenvalue weighted by molar-refractivity contribution is 5.81. The first-order valence-corrected chi connectivity index (χ1v) is 6.50. The maximum absolute atomic E-state index is 11.9. The Labute approximate surface area is 108 Å². The van der Waals surface area contributed by atoms with E-state index in [0.717, 1.165) is 19.3 Å². The molecule has 0 aliphatic heterocycles. The molecule has 0 bridgehead atoms. The van der Waals surface area contributed by atoms with Crippen LogP contribution < -0.4 is 11.1 Å². The van der Waals surface area contributed by atoms with Gasteiger partial charge in [-0.05, 0) is 31.2 Å². The molecule has 1 atom stereocenters. The van der Waals surface area contributed by atoms with Crippen molar-refractivity contribution in [1.82, 2.24) is 5.32 Å². The molecule has 2 rings (SSSR count). The van der Waals surface area contributed by atoms with E-state index in [9.17, 15) is 4.79 Å². The highest BCUT2D eigenvalue weighted by atomic mass is 16.2. The van der Waals surface area contributed by atoms with Gasteiger partial charge < -0.3 is 11.1 Å². The number of carbonyl (C=O) groups excluding carboxylic acids is 1. The predicted octanol–water partition coefficient (Wildman–Crippen LogP) is 1.78. The number of carbonyl (C=O) groups is 1. The van der Waals surface area contributed by atoms with E-state index in [-0.39, 0.29) is 11.9 Å². The number of aryl methyl sites for hydroxylation is 1. The van der Waals surface area contributed by atoms with E-state index < -0.39 is 6.04 Å². The topological polar surface area (TPSA) is 55.1 Å². The lowest BCUT2D eigenvalue weighted by Crippen LogP contribution is -2.44. The van der Waals surface area contributed by atoms with E-state index in [0.29, 0.717) is 6.42 Å². The van der Waals surface area contributed by atoms with Crippen LogP contribution in [0.1, 0.15) is 24.8 Å². The van der Waals surface area contributed by atoms with Gasteiger partial charge in [-0.25, -0.2) is 0 Å². The van der Waals surface area contributed by atoms with Gasteiger partial charge in [0.15, 0.2) is 0 Å². The number of nitrogens with one attached hydrogen (secondary N) is 1. The first-order chi connectivity index (χ1) is 8.75. The lowest BCUT2D eigenvalue weighted by atomic mass is 10.0. The third-order valence-corrected chi connectivity index (χ3v) is 3.28. The summed E-state index contributed by atoms with van der Waals surface area (Å²) >= 11 is 0. The van der Waals surface area contributed by atoms with Gasteiger partial charge in [-0.15, -0.1) is 0 Å². The van der Waals surface area contributed by atoms with Crippen LogP contribution in [0.5, 0.6) is 0 Å². The maximum atomic E-state index is 11.9. The van der Waals surface area contributed by atoms with Crippen molar-refractivity contribution in [2.45, 2.75) is 37.8 Å². The molecule has 1 aliphatic rings. The summed E-state index contributed by atoms with van der Waals surface area (Å²) in [6.07, 6.45) is 7.59. The molecule has 3 N–H and O–H groups in total. The largest absolute Gasteiger partial charge is 0.351 e. The van der Waals surface area contributed by atoms with Crippen molar-refractivity contribution in [2.75, 3.05) is 0 Å². The van der Waals surface area contributed by atoms with Gasteiger partial charge in [0.2, 0.25) is 5.91 Å². The monoisotopic (exact) mass is 244 g/mol. The van der Waals surface area contributed by atoms with Crippen LogP contribution in [0.2, 0.25) is 0 Å². The Kier molecular flexibility index (Phi) is 4.53. The fourth-order valence-electron chi connectivity index (χ4n) is 2.14. The number of nitrogens with two attached hydrogens (primary N) is 1. The van der Waals surface area contributed by atoms with Crippen LogP contribution >= 0.6 is 0 Å². The minimum absolute atomic E-state index is 0.0281. The minimum atomic E-state index is -0.411. The van der Waals surface area contributed by atoms with Gasteiger partial charge in [0, 0.05) is 6.04 Å². The average Bonchev–Trinajstić information content (AvgIpc) is 2.90. The van der Waals surface area contributed by atoms with Crippen LogP contribution in [-0.4, -0.2) is 18.0 Å². The molecule has 96 valence electrons. The van der Waals surface area contributed by atoms with Crippen molar-refractivity contribution >= 4 is 5.91 Å². The van der Waals surface area contributed by atoms with E-state index in [1.54, 1.807) is 0 Å². The Bertz CT molecular complexity index is 406. The summed E-state index contributed by atoms with van der Waals surface area (Å²) in [7, 11) is 0. The number of benzene rings is 1. The molecule has 1 aromatic carbocycles. The zero-order valence-electron chi connectivity index (χ0n) is 10.5. The SMILES string of the molecule is NC(CCc1ccccc1)C(=O)NC1CC=CC1. The molecule has 1 amide bonds. The van der Waals surface area contributed by atoms with E-state index in [4.69, 9.17) is 5.73 Å². The summed E-state index contributed by atoms with van der Waals surface area (Å²) < 4.78 is 0. The molecular weight excluding hydrogens is 224 g/mol. The van der Waals surface area contributed by atoms with Gasteiger partial charge in [0.25, 0.3) is 0 Å². The van der Waals surface area contributed by atoms with Gasteiger partial charge in [-0.3, -0.25) is 4.79 Å². The molecule has 0 fully saturated rings. The Morgan fingerprint density at radius 3 is 2.61 bits per heavy atom. The summed E-state index contributed by atoms with van der Waals surface area (Å²) in [5, 5.41) is 2.99. The van der Waals surface area contributed by atoms with Crippen LogP contribution in [-0.2, 0) is 11.2 Å². The predicted molar refractivity (Wildman–Crippen MR) is 73.0 cm³/mol. The molecule has 18 heavy (non-hydrogen) atoms. The third kappa shape index (κ3) is 3.70. The Balaban J connectivity index is 1.73. The highest BCUT2D eigenvalue weighted by Crippen LogP contribution is 2.10. The van der Waals surface area contributed by atoms with Crippen molar-refractivity contribution < 1.29 is 4.79 Å². The molecule has 3 nitrogen and oxygen atoms in total. The smallest absolute Gasteiger partial charge is 0.237 e. The Hall–Kier alpha value is -1.61. The quantitative estimate of drug-likeness (QED) is 0.776. The molecule has 1 unspecified atom stereocenters. The summed E-state index contributed by atoms with van der Waals surface area (Å²) in [6.45, 7) is 0. The number of hydrogen-bond donors (Lipinski definition) is 2. The maximum Gasteiger partial charge on any atom is 0.237 e. The van der Waals surface area contributed by atoms with Crippen molar-refractivity contribution in [1.29, 1.82) is 0 Å². The summed E-state index contributed by atoms with van der Waals surface area (Å²) in [4.78, 5) is 11.9. The molecule has 1 aromatic rings. The second kappa shape index (κ2) is 6.36. The normalized spacial score (nSPS) is 16.7. The first kappa shape index (κ1) is 12.8. The molecule has 3 heteroatoms. The lowest BCUT2D eigenvalue weighted by molar-refractivity contribution is -0.123. The standard InChI is InChI=1S/C15H20N2O/c16-14(11-10-12-6-2-1-3-7-12)15(18)17-13-8-4-5-9-13/h1-7,13-14H,8-11,16H2,(H,17,18). The van der Waals surface area contributed by atoms with Crippen molar-refractivity contribution in [3.63, 3.8) is 0 Å². The van der Waals surface area contributed by atoms with Gasteiger partial charge >= 0.3 is 0 Å². The van der Waals surface area contributed by atoms with Gasteiger partial charge in [-0.2, -0.15) is 0 Å². The first-order valence-electron chi connectivity index (χ1n) is 6.50. The number of rotatable bonds is 5. The van der Waals surface area contributed by atoms with Gasteiger partial charge in [-0.1, -0.05) is 42.5 Å². The van der Waals surface area contributed by atoms with Crippen molar-refractivity contribution in [2.24, 2.45) is 5.73 Å². The molecule has 0 aromatic heterocycles. The van der Waals surface area contributed by atoms with E-state index in [2.05, 4.69) is 29.6 Å². The molecule has 0 radical (unpaired) electrons. The zero-order valence-corrected chi connectivity index (χ0v) is 10.5. The molecule has 1 aliphatic carbocycles. The van der Waals surface area contributed by atoms with E-state index >= 15 is 0 Å². The summed E-state index contributed by atoms with van der Waals surface area (Å²) in [5.41, 5.74) is 7.14. The Morgan fingerprint density at radius 2 is 1.94 bits per heavy atom. The van der Waals surface area contributed by atoms with Crippen LogP contribution in [0.4, 0.5) is 0 Å². The van der Waals surface area contributed by atoms with E-state index in [1.807, 2.05) is 18.2 Å². The molecular formula is C15H20N2O. The third-order valence-electron chi connectivity index (χ3n) is 3.28. The average molecular weight is 244 g/mol. The van der Waals surface area contributed by atoms with Crippen LogP contribution in [0.3, 0.4) is 0 Å². The molecule has 0 saturated heterocycles. The van der Waals surface area contributed by atoms with Crippen molar-refractivity contribution in [3.05, 3.63) is 48.0 Å². The number of amides is 1. The zero-order chi connectivity index (χ0) is 12.8. The summed E-state index contributed by atoms with van der Waals surface area (Å²) in [5.74, 6) is -0.0281. The molecule has 0 heterocycles. The van der Waals surface area contributed by atoms with Gasteiger partial charge in [0.1, 0.15) is 0 Å². The summed E-state index contributed by atoms with van der Waals surface area (Å²) in [6, 6.07) is 9.96. The second-order valence-electron chi connectivity index (χ2n) is 4.78. The fraction of sp³-hybridized carbons (Fsp3) is 0.400. The highest BCUT2D eigenvalue weighted by Gasteiger charge is 2.18.